The van der Waals surface area contributed by atoms with Gasteiger partial charge >= 0.3 is 5.97 Å². The molecule has 0 aliphatic carbocycles. The van der Waals surface area contributed by atoms with Crippen LogP contribution in [0.2, 0.25) is 10.0 Å². The van der Waals surface area contributed by atoms with Crippen molar-refractivity contribution in [3.8, 4) is 80.1 Å². The lowest BCUT2D eigenvalue weighted by molar-refractivity contribution is -0.277. The Morgan fingerprint density at radius 3 is 1.90 bits per heavy atom. The van der Waals surface area contributed by atoms with E-state index >= 15 is 28.8 Å². The zero-order valence-corrected chi connectivity index (χ0v) is 72.5. The van der Waals surface area contributed by atoms with Crippen molar-refractivity contribution in [2.75, 3.05) is 40.8 Å². The Balaban J connectivity index is 0.0000151. The van der Waals surface area contributed by atoms with E-state index in [4.69, 9.17) is 56.4 Å². The summed E-state index contributed by atoms with van der Waals surface area (Å²) in [6.45, 7) is 3.61. The highest BCUT2D eigenvalue weighted by atomic mass is 35.5. The Kier molecular flexibility index (Phi) is 31.3. The van der Waals surface area contributed by atoms with E-state index in [1.807, 2.05) is 0 Å². The molecule has 129 heavy (non-hydrogen) atoms. The van der Waals surface area contributed by atoms with Crippen molar-refractivity contribution < 1.29 is 138 Å². The molecule has 38 nitrogen and oxygen atoms in total. The number of benzene rings is 7. The molecule has 8 amide bonds. The molecule has 692 valence electrons. The van der Waals surface area contributed by atoms with Gasteiger partial charge in [-0.3, -0.25) is 38.4 Å². The number of hydrogen-bond donors (Lipinski definition) is 21. The van der Waals surface area contributed by atoms with Gasteiger partial charge in [0.15, 0.2) is 29.1 Å². The Morgan fingerprint density at radius 2 is 1.21 bits per heavy atom. The first-order valence-corrected chi connectivity index (χ1v) is 42.3. The van der Waals surface area contributed by atoms with Crippen LogP contribution in [0.15, 0.2) is 115 Å². The number of nitrogens with one attached hydrogen (secondary N) is 9. The maximum Gasteiger partial charge on any atom is 0.335 e. The van der Waals surface area contributed by atoms with Gasteiger partial charge in [-0.25, -0.2) is 4.79 Å². The van der Waals surface area contributed by atoms with E-state index < -0.39 is 271 Å². The van der Waals surface area contributed by atoms with Crippen molar-refractivity contribution in [2.24, 2.45) is 5.92 Å². The van der Waals surface area contributed by atoms with Crippen LogP contribution in [0.5, 0.6) is 69.0 Å². The first-order chi connectivity index (χ1) is 61.1. The number of fused-ring (bicyclic) bond motifs is 14. The average Bonchev–Trinajstić information content (AvgIpc) is 0.752. The Morgan fingerprint density at radius 1 is 0.566 bits per heavy atom. The van der Waals surface area contributed by atoms with Gasteiger partial charge in [0, 0.05) is 48.2 Å². The van der Waals surface area contributed by atoms with Crippen molar-refractivity contribution in [3.05, 3.63) is 164 Å². The van der Waals surface area contributed by atoms with E-state index in [2.05, 4.69) is 61.7 Å². The number of carboxylic acids is 1. The highest BCUT2D eigenvalue weighted by Gasteiger charge is 2.52. The normalized spacial score (nSPS) is 25.6. The van der Waals surface area contributed by atoms with E-state index in [0.717, 1.165) is 105 Å². The molecule has 8 aliphatic heterocycles. The fourth-order valence-corrected chi connectivity index (χ4v) is 16.4. The van der Waals surface area contributed by atoms with Crippen LogP contribution < -0.4 is 71.5 Å². The molecule has 0 saturated carbocycles. The Bertz CT molecular complexity index is 5350. The molecule has 0 spiro atoms. The van der Waals surface area contributed by atoms with Crippen LogP contribution in [-0.4, -0.2) is 234 Å². The number of carbonyl (C=O) groups is 9. The van der Waals surface area contributed by atoms with Gasteiger partial charge in [-0.2, -0.15) is 0 Å². The number of aliphatic hydroxyl groups is 7. The lowest BCUT2D eigenvalue weighted by Crippen LogP contribution is -2.66. The standard InChI is InChI=1S/C88H100Cl2N10O28.ClH/c1-38(2)13-10-8-6-7-9-11-14-61(106)94-70-73(109)75(111)78(86(120)121)128-87(70)127-77-58-31-43-32-59(77)124-55-24-19-42(29-50(55)89)71(107)69-85(119)98-67(80(114)92-25-12-26-100(4)5)48-33-44(102)34-57(125-88-76(112)74(110)72(108)60(37-101)126-88)62(48)47-28-40(17-22-52(47)103)65(82(116)99-69)95-83(117)66(43)96-84(118)68-49-35-46(36-54(105)63(49)90)123-56-30-41(18-23-53(56)104)64(91-3)81(115)93-51(79(113)97-68)27-39-15-20-45(122-58)21-16-39;/h15-24,28-36,38,51,60,64-76,78,87-88,91,101-105,107-112H,6-14,25-27,37H2,1-5H3,(H,92,114)(H,93,115)(H,94,106)(H,95,117)(H,96,118)(H,97,113)(H,98,119)(H,99,116)(H,120,121);1H. The molecule has 15 rings (SSSR count). The molecule has 18 unspecified atom stereocenters. The highest BCUT2D eigenvalue weighted by molar-refractivity contribution is 6.33. The lowest BCUT2D eigenvalue weighted by atomic mass is 9.89. The second kappa shape index (κ2) is 41.9. The van der Waals surface area contributed by atoms with E-state index in [9.17, 15) is 75.7 Å². The molecule has 17 bridgehead atoms. The van der Waals surface area contributed by atoms with Crippen molar-refractivity contribution in [1.29, 1.82) is 0 Å². The van der Waals surface area contributed by atoms with Gasteiger partial charge in [-0.05, 0) is 153 Å². The van der Waals surface area contributed by atoms with Crippen LogP contribution in [0.3, 0.4) is 0 Å². The van der Waals surface area contributed by atoms with Crippen LogP contribution in [0.25, 0.3) is 11.1 Å². The summed E-state index contributed by atoms with van der Waals surface area (Å²) in [7, 11) is 4.95. The van der Waals surface area contributed by atoms with Gasteiger partial charge in [-0.15, -0.1) is 12.4 Å². The zero-order valence-electron chi connectivity index (χ0n) is 70.1. The number of hydrogen-bond acceptors (Lipinski definition) is 29. The Labute approximate surface area is 754 Å². The number of phenolic OH excluding ortho intramolecular Hbond substituents is 4. The summed E-state index contributed by atoms with van der Waals surface area (Å²) in [4.78, 5) is 140. The highest BCUT2D eigenvalue weighted by Crippen LogP contribution is 2.51. The number of phenols is 4. The molecule has 0 aromatic heterocycles. The molecule has 7 aromatic rings. The van der Waals surface area contributed by atoms with Crippen molar-refractivity contribution in [2.45, 2.75) is 188 Å². The third kappa shape index (κ3) is 22.0. The average molecular weight is 1850 g/mol. The van der Waals surface area contributed by atoms with Crippen LogP contribution in [-0.2, 0) is 59.0 Å². The SMILES string of the molecule is CNC1C(=O)NC2Cc3ccc(cc3)Oc3cc4cc(c3OC3OC(C(=O)O)C(O)C(O)C3NC(=O)CCCCCCCCC(C)C)Oc3ccc(cc3Cl)C(O)C3NC(=O)C(NC(=O)C4NC(=O)C(NC2=O)c2cc(cc(O)c2Cl)Oc2cc1ccc2O)c1ccc(O)c(c1)-c1c(OC2OC(CO)C(O)C(O)C2O)cc(O)cc1C(C(=O)NCCCN(C)C)NC3=O.Cl. The number of nitrogens with zero attached hydrogens (tertiary/aromatic N) is 1. The summed E-state index contributed by atoms with van der Waals surface area (Å²) >= 11 is 14.3. The number of aliphatic carboxylic acids is 1. The van der Waals surface area contributed by atoms with Gasteiger partial charge < -0.3 is 147 Å². The van der Waals surface area contributed by atoms with Crippen LogP contribution in [0, 0.1) is 5.92 Å². The topological polar surface area (TPSA) is 573 Å². The number of ether oxygens (including phenoxy) is 7. The number of aromatic hydroxyl groups is 4. The summed E-state index contributed by atoms with van der Waals surface area (Å²) in [5, 5.41) is 161. The maximum atomic E-state index is 16.8. The van der Waals surface area contributed by atoms with Gasteiger partial charge in [0.05, 0.1) is 16.7 Å². The van der Waals surface area contributed by atoms with Crippen LogP contribution in [0.4, 0.5) is 0 Å². The van der Waals surface area contributed by atoms with E-state index in [1.54, 1.807) is 19.0 Å². The Hall–Kier alpha value is -11.6. The minimum atomic E-state index is -2.45. The first kappa shape index (κ1) is 96.5. The minimum absolute atomic E-state index is 0. The van der Waals surface area contributed by atoms with Crippen LogP contribution in [0.1, 0.15) is 147 Å². The maximum absolute atomic E-state index is 16.8. The van der Waals surface area contributed by atoms with E-state index in [1.165, 1.54) is 49.5 Å². The van der Waals surface area contributed by atoms with Gasteiger partial charge in [0.2, 0.25) is 65.6 Å². The zero-order chi connectivity index (χ0) is 92.0. The number of aliphatic hydroxyl groups excluding tert-OH is 7. The summed E-state index contributed by atoms with van der Waals surface area (Å²) in [6.07, 6.45) is -15.8. The molecular formula is C88H101Cl3N10O28. The second-order valence-electron chi connectivity index (χ2n) is 32.7. The quantitative estimate of drug-likeness (QED) is 0.0413. The molecule has 2 saturated heterocycles. The fourth-order valence-electron chi connectivity index (χ4n) is 15.9. The summed E-state index contributed by atoms with van der Waals surface area (Å²) < 4.78 is 44.5. The minimum Gasteiger partial charge on any atom is -0.508 e. The fraction of sp³-hybridized carbons (Fsp3) is 0.420. The molecule has 21 N–H and O–H groups in total. The van der Waals surface area contributed by atoms with Crippen LogP contribution >= 0.6 is 35.6 Å². The molecule has 8 aliphatic rings. The van der Waals surface area contributed by atoms with Crippen molar-refractivity contribution >= 4 is 88.8 Å². The smallest absolute Gasteiger partial charge is 0.335 e. The van der Waals surface area contributed by atoms with Gasteiger partial charge in [0.1, 0.15) is 131 Å². The number of halogens is 3. The second-order valence-corrected chi connectivity index (χ2v) is 33.5. The molecule has 2 fully saturated rings. The molecule has 7 aromatic carbocycles. The summed E-state index contributed by atoms with van der Waals surface area (Å²) in [5.41, 5.74) is -2.68. The number of carbonyl (C=O) groups excluding carboxylic acids is 8. The molecular weight excluding hydrogens is 1750 g/mol. The molecule has 0 radical (unpaired) electrons. The van der Waals surface area contributed by atoms with Crippen molar-refractivity contribution in [3.63, 3.8) is 0 Å². The van der Waals surface area contributed by atoms with E-state index in [0.29, 0.717) is 30.9 Å². The summed E-state index contributed by atoms with van der Waals surface area (Å²) in [5.74, 6) is -17.5. The number of amides is 8. The third-order valence-electron chi connectivity index (χ3n) is 22.7. The monoisotopic (exact) mass is 1850 g/mol. The number of rotatable bonds is 22. The van der Waals surface area contributed by atoms with Gasteiger partial charge in [-0.1, -0.05) is 106 Å². The molecule has 18 atom stereocenters. The molecule has 41 heteroatoms. The first-order valence-electron chi connectivity index (χ1n) is 41.5. The lowest BCUT2D eigenvalue weighted by Gasteiger charge is -2.41. The van der Waals surface area contributed by atoms with Gasteiger partial charge in [0.25, 0.3) is 0 Å². The molecule has 8 heterocycles. The number of likely N-dealkylation sites (N-methyl/N-ethyl adjacent to an activating group) is 1. The number of unbranched alkanes of at least 4 members (excludes halogenated alkanes) is 5. The predicted octanol–water partition coefficient (Wildman–Crippen LogP) is 4.59. The number of carboxylic acid groups (broad SMARTS) is 1. The summed E-state index contributed by atoms with van der Waals surface area (Å²) in [6, 6.07) is 5.68. The van der Waals surface area contributed by atoms with Crippen molar-refractivity contribution in [1.82, 2.24) is 52.8 Å². The largest absolute Gasteiger partial charge is 0.508 e. The third-order valence-corrected chi connectivity index (χ3v) is 23.4. The predicted molar refractivity (Wildman–Crippen MR) is 459 cm³/mol. The van der Waals surface area contributed by atoms with E-state index in [-0.39, 0.29) is 60.2 Å².